The average molecular weight is 170 g/mol. The lowest BCUT2D eigenvalue weighted by Crippen LogP contribution is -2.39. The Hall–Kier alpha value is -0.250. The lowest BCUT2D eigenvalue weighted by atomic mass is 9.80. The first kappa shape index (κ1) is 10.8. The van der Waals surface area contributed by atoms with Gasteiger partial charge in [0.2, 0.25) is 0 Å². The van der Waals surface area contributed by atoms with Gasteiger partial charge in [-0.2, -0.15) is 13.2 Å². The Labute approximate surface area is 64.2 Å². The number of hydrogen-bond donors (Lipinski definition) is 1. The number of halogens is 3. The van der Waals surface area contributed by atoms with Gasteiger partial charge < -0.3 is 5.11 Å². The molecule has 1 atom stereocenters. The quantitative estimate of drug-likeness (QED) is 0.673. The van der Waals surface area contributed by atoms with Crippen molar-refractivity contribution in [3.8, 4) is 0 Å². The largest absolute Gasteiger partial charge is 0.396 e. The van der Waals surface area contributed by atoms with Gasteiger partial charge in [0, 0.05) is 6.61 Å². The summed E-state index contributed by atoms with van der Waals surface area (Å²) in [4.78, 5) is 0. The highest BCUT2D eigenvalue weighted by Crippen LogP contribution is 2.42. The van der Waals surface area contributed by atoms with E-state index in [1.165, 1.54) is 6.92 Å². The highest BCUT2D eigenvalue weighted by Gasteiger charge is 2.50. The number of alkyl halides is 3. The van der Waals surface area contributed by atoms with E-state index in [9.17, 15) is 13.2 Å². The molecule has 4 heteroatoms. The summed E-state index contributed by atoms with van der Waals surface area (Å²) in [6.45, 7) is 3.13. The third-order valence-electron chi connectivity index (χ3n) is 2.24. The molecule has 0 bridgehead atoms. The van der Waals surface area contributed by atoms with Crippen LogP contribution < -0.4 is 0 Å². The Kier molecular flexibility index (Phi) is 2.94. The van der Waals surface area contributed by atoms with Crippen molar-refractivity contribution in [3.05, 3.63) is 0 Å². The zero-order valence-corrected chi connectivity index (χ0v) is 6.87. The predicted molar refractivity (Wildman–Crippen MR) is 36.1 cm³/mol. The van der Waals surface area contributed by atoms with Crippen molar-refractivity contribution in [3.63, 3.8) is 0 Å². The fraction of sp³-hybridized carbons (Fsp3) is 1.00. The van der Waals surface area contributed by atoms with Gasteiger partial charge in [-0.3, -0.25) is 0 Å². The molecular formula is C7H13F3O. The molecule has 11 heavy (non-hydrogen) atoms. The van der Waals surface area contributed by atoms with Crippen LogP contribution in [0.4, 0.5) is 13.2 Å². The summed E-state index contributed by atoms with van der Waals surface area (Å²) in [5.74, 6) is -0.762. The van der Waals surface area contributed by atoms with Crippen LogP contribution in [-0.2, 0) is 0 Å². The predicted octanol–water partition coefficient (Wildman–Crippen LogP) is 2.20. The third-order valence-corrected chi connectivity index (χ3v) is 2.24. The van der Waals surface area contributed by atoms with Crippen molar-refractivity contribution >= 4 is 0 Å². The minimum absolute atomic E-state index is 0.438. The van der Waals surface area contributed by atoms with Gasteiger partial charge in [0.25, 0.3) is 0 Å². The molecule has 68 valence electrons. The molecule has 0 saturated carbocycles. The van der Waals surface area contributed by atoms with E-state index in [2.05, 4.69) is 0 Å². The van der Waals surface area contributed by atoms with Crippen LogP contribution in [0.1, 0.15) is 20.8 Å². The molecule has 0 aromatic rings. The van der Waals surface area contributed by atoms with Crippen LogP contribution >= 0.6 is 0 Å². The second-order valence-electron chi connectivity index (χ2n) is 3.30. The molecule has 0 heterocycles. The Morgan fingerprint density at radius 3 is 1.73 bits per heavy atom. The molecule has 0 unspecified atom stereocenters. The van der Waals surface area contributed by atoms with E-state index < -0.39 is 24.1 Å². The van der Waals surface area contributed by atoms with E-state index in [0.29, 0.717) is 0 Å². The minimum atomic E-state index is -4.24. The summed E-state index contributed by atoms with van der Waals surface area (Å²) < 4.78 is 36.5. The summed E-state index contributed by atoms with van der Waals surface area (Å²) in [6, 6.07) is 0. The number of hydrogen-bond acceptors (Lipinski definition) is 1. The van der Waals surface area contributed by atoms with Crippen LogP contribution in [0, 0.1) is 11.3 Å². The van der Waals surface area contributed by atoms with Crippen LogP contribution in [0.25, 0.3) is 0 Å². The second-order valence-corrected chi connectivity index (χ2v) is 3.30. The molecule has 0 aliphatic rings. The summed E-state index contributed by atoms with van der Waals surface area (Å²) in [5.41, 5.74) is -1.80. The van der Waals surface area contributed by atoms with Crippen LogP contribution in [-0.4, -0.2) is 17.9 Å². The number of aliphatic hydroxyl groups is 1. The van der Waals surface area contributed by atoms with Crippen LogP contribution in [0.2, 0.25) is 0 Å². The molecule has 0 rings (SSSR count). The van der Waals surface area contributed by atoms with Crippen molar-refractivity contribution in [2.75, 3.05) is 6.61 Å². The number of aliphatic hydroxyl groups excluding tert-OH is 1. The summed E-state index contributed by atoms with van der Waals surface area (Å²) >= 11 is 0. The molecule has 0 aromatic carbocycles. The minimum Gasteiger partial charge on any atom is -0.396 e. The smallest absolute Gasteiger partial charge is 0.394 e. The molecule has 0 aliphatic carbocycles. The summed E-state index contributed by atoms with van der Waals surface area (Å²) in [5, 5.41) is 8.53. The van der Waals surface area contributed by atoms with Gasteiger partial charge in [0.05, 0.1) is 5.41 Å². The first-order valence-electron chi connectivity index (χ1n) is 3.41. The molecule has 1 nitrogen and oxygen atoms in total. The van der Waals surface area contributed by atoms with Crippen molar-refractivity contribution in [2.24, 2.45) is 11.3 Å². The molecular weight excluding hydrogens is 157 g/mol. The lowest BCUT2D eigenvalue weighted by Gasteiger charge is -2.32. The van der Waals surface area contributed by atoms with Crippen LogP contribution in [0.5, 0.6) is 0 Å². The molecule has 1 N–H and O–H groups in total. The van der Waals surface area contributed by atoms with Gasteiger partial charge in [-0.25, -0.2) is 0 Å². The third kappa shape index (κ3) is 2.09. The molecule has 0 aliphatic heterocycles. The molecule has 0 spiro atoms. The SMILES string of the molecule is C[C@H](CO)C(C)(C)C(F)(F)F. The van der Waals surface area contributed by atoms with Gasteiger partial charge in [-0.1, -0.05) is 20.8 Å². The Bertz CT molecular complexity index is 128. The lowest BCUT2D eigenvalue weighted by molar-refractivity contribution is -0.230. The monoisotopic (exact) mass is 170 g/mol. The van der Waals surface area contributed by atoms with E-state index in [0.717, 1.165) is 13.8 Å². The molecule has 0 saturated heterocycles. The van der Waals surface area contributed by atoms with Crippen molar-refractivity contribution in [2.45, 2.75) is 26.9 Å². The first-order valence-corrected chi connectivity index (χ1v) is 3.41. The van der Waals surface area contributed by atoms with E-state index >= 15 is 0 Å². The van der Waals surface area contributed by atoms with E-state index in [1.807, 2.05) is 0 Å². The Morgan fingerprint density at radius 2 is 1.64 bits per heavy atom. The van der Waals surface area contributed by atoms with Crippen molar-refractivity contribution < 1.29 is 18.3 Å². The average Bonchev–Trinajstić information content (AvgIpc) is 1.83. The fourth-order valence-corrected chi connectivity index (χ4v) is 0.508. The Balaban J connectivity index is 4.45. The number of rotatable bonds is 2. The van der Waals surface area contributed by atoms with Gasteiger partial charge in [-0.15, -0.1) is 0 Å². The highest BCUT2D eigenvalue weighted by molar-refractivity contribution is 4.81. The fourth-order valence-electron chi connectivity index (χ4n) is 0.508. The van der Waals surface area contributed by atoms with Crippen LogP contribution in [0.15, 0.2) is 0 Å². The van der Waals surface area contributed by atoms with Gasteiger partial charge in [0.1, 0.15) is 0 Å². The maximum atomic E-state index is 12.2. The van der Waals surface area contributed by atoms with E-state index in [4.69, 9.17) is 5.11 Å². The first-order chi connectivity index (χ1) is 4.73. The molecule has 0 fully saturated rings. The van der Waals surface area contributed by atoms with E-state index in [1.54, 1.807) is 0 Å². The zero-order chi connectivity index (χ0) is 9.28. The summed E-state index contributed by atoms with van der Waals surface area (Å²) in [7, 11) is 0. The van der Waals surface area contributed by atoms with Crippen LogP contribution in [0.3, 0.4) is 0 Å². The maximum Gasteiger partial charge on any atom is 0.394 e. The van der Waals surface area contributed by atoms with Crippen molar-refractivity contribution in [1.29, 1.82) is 0 Å². The topological polar surface area (TPSA) is 20.2 Å². The normalized spacial score (nSPS) is 16.6. The van der Waals surface area contributed by atoms with E-state index in [-0.39, 0.29) is 0 Å². The van der Waals surface area contributed by atoms with Gasteiger partial charge in [-0.05, 0) is 5.92 Å². The second kappa shape index (κ2) is 3.01. The molecule has 0 aromatic heterocycles. The van der Waals surface area contributed by atoms with Gasteiger partial charge >= 0.3 is 6.18 Å². The maximum absolute atomic E-state index is 12.2. The highest BCUT2D eigenvalue weighted by atomic mass is 19.4. The summed E-state index contributed by atoms with van der Waals surface area (Å²) in [6.07, 6.45) is -4.24. The standard InChI is InChI=1S/C7H13F3O/c1-5(4-11)6(2,3)7(8,9)10/h5,11H,4H2,1-3H3/t5-/m1/s1. The molecule has 0 radical (unpaired) electrons. The molecule has 0 amide bonds. The Morgan fingerprint density at radius 1 is 1.27 bits per heavy atom. The van der Waals surface area contributed by atoms with Gasteiger partial charge in [0.15, 0.2) is 0 Å². The van der Waals surface area contributed by atoms with Crippen molar-refractivity contribution in [1.82, 2.24) is 0 Å². The zero-order valence-electron chi connectivity index (χ0n) is 6.87.